The summed E-state index contributed by atoms with van der Waals surface area (Å²) in [5.74, 6) is -0.520. The normalized spacial score (nSPS) is 14.4. The average Bonchev–Trinajstić information content (AvgIpc) is 3.40. The van der Waals surface area contributed by atoms with Crippen molar-refractivity contribution in [2.24, 2.45) is 0 Å². The Balaban J connectivity index is 1.54. The topological polar surface area (TPSA) is 127 Å². The van der Waals surface area contributed by atoms with Gasteiger partial charge in [-0.2, -0.15) is 4.31 Å². The molecular formula is C23H23N3O7S. The molecule has 1 aliphatic heterocycles. The molecule has 0 unspecified atom stereocenters. The second-order valence-corrected chi connectivity index (χ2v) is 9.28. The van der Waals surface area contributed by atoms with Crippen molar-refractivity contribution < 1.29 is 31.9 Å². The number of carbonyl (C=O) groups is 2. The van der Waals surface area contributed by atoms with Gasteiger partial charge in [-0.15, -0.1) is 0 Å². The third-order valence-corrected chi connectivity index (χ3v) is 7.05. The fourth-order valence-electron chi connectivity index (χ4n) is 3.41. The summed E-state index contributed by atoms with van der Waals surface area (Å²) in [6.45, 7) is 1.16. The van der Waals surface area contributed by atoms with E-state index < -0.39 is 21.8 Å². The van der Waals surface area contributed by atoms with Gasteiger partial charge >= 0.3 is 0 Å². The lowest BCUT2D eigenvalue weighted by molar-refractivity contribution is 0.0730. The van der Waals surface area contributed by atoms with Crippen LogP contribution in [0.4, 0.5) is 11.4 Å². The molecule has 10 nitrogen and oxygen atoms in total. The highest BCUT2D eigenvalue weighted by Gasteiger charge is 2.27. The lowest BCUT2D eigenvalue weighted by Gasteiger charge is -2.26. The van der Waals surface area contributed by atoms with E-state index in [0.717, 1.165) is 0 Å². The molecule has 11 heteroatoms. The number of hydrogen-bond acceptors (Lipinski definition) is 7. The van der Waals surface area contributed by atoms with Gasteiger partial charge in [0.05, 0.1) is 37.2 Å². The van der Waals surface area contributed by atoms with Crippen LogP contribution in [0, 0.1) is 0 Å². The maximum atomic E-state index is 13.0. The van der Waals surface area contributed by atoms with Crippen LogP contribution in [0.2, 0.25) is 0 Å². The van der Waals surface area contributed by atoms with Gasteiger partial charge in [0.25, 0.3) is 11.8 Å². The Morgan fingerprint density at radius 1 is 0.971 bits per heavy atom. The van der Waals surface area contributed by atoms with E-state index in [9.17, 15) is 18.0 Å². The standard InChI is InChI=1S/C23H23N3O7S/c1-31-20-8-7-18(34(29,30)26-9-12-32-13-10-26)15-19(20)25-22(27)16-4-2-5-17(14-16)24-23(28)21-6-3-11-33-21/h2-8,11,14-15H,9-10,12-13H2,1H3,(H,24,28)(H,25,27). The van der Waals surface area contributed by atoms with Crippen LogP contribution in [-0.2, 0) is 14.8 Å². The maximum Gasteiger partial charge on any atom is 0.291 e. The fraction of sp³-hybridized carbons (Fsp3) is 0.217. The third-order valence-electron chi connectivity index (χ3n) is 5.15. The number of hydrogen-bond donors (Lipinski definition) is 2. The molecule has 2 amide bonds. The van der Waals surface area contributed by atoms with Crippen molar-refractivity contribution in [3.8, 4) is 5.75 Å². The molecule has 2 N–H and O–H groups in total. The smallest absolute Gasteiger partial charge is 0.291 e. The van der Waals surface area contributed by atoms with Gasteiger partial charge in [-0.25, -0.2) is 8.42 Å². The van der Waals surface area contributed by atoms with Crippen LogP contribution in [0.3, 0.4) is 0 Å². The number of rotatable bonds is 7. The summed E-state index contributed by atoms with van der Waals surface area (Å²) in [6, 6.07) is 13.7. The Morgan fingerprint density at radius 2 is 1.76 bits per heavy atom. The zero-order valence-electron chi connectivity index (χ0n) is 18.3. The molecule has 1 fully saturated rings. The molecule has 3 aromatic rings. The molecule has 178 valence electrons. The molecule has 2 heterocycles. The van der Waals surface area contributed by atoms with Gasteiger partial charge in [0, 0.05) is 24.3 Å². The first-order valence-corrected chi connectivity index (χ1v) is 11.8. The molecule has 2 aromatic carbocycles. The molecule has 0 saturated carbocycles. The number of amides is 2. The number of morpholine rings is 1. The summed E-state index contributed by atoms with van der Waals surface area (Å²) < 4.78 is 43.0. The van der Waals surface area contributed by atoms with Crippen molar-refractivity contribution >= 4 is 33.2 Å². The number of nitrogens with zero attached hydrogens (tertiary/aromatic N) is 1. The molecule has 0 atom stereocenters. The molecule has 1 aliphatic rings. The Kier molecular flexibility index (Phi) is 6.96. The van der Waals surface area contributed by atoms with Crippen molar-refractivity contribution in [1.82, 2.24) is 4.31 Å². The van der Waals surface area contributed by atoms with Crippen LogP contribution < -0.4 is 15.4 Å². The van der Waals surface area contributed by atoms with Gasteiger partial charge in [-0.05, 0) is 48.5 Å². The van der Waals surface area contributed by atoms with E-state index in [1.54, 1.807) is 24.3 Å². The summed E-state index contributed by atoms with van der Waals surface area (Å²) in [5.41, 5.74) is 0.845. The first-order valence-electron chi connectivity index (χ1n) is 10.4. The van der Waals surface area contributed by atoms with Crippen LogP contribution in [0.5, 0.6) is 5.75 Å². The van der Waals surface area contributed by atoms with E-state index in [1.807, 2.05) is 0 Å². The van der Waals surface area contributed by atoms with Crippen LogP contribution in [0.1, 0.15) is 20.9 Å². The number of sulfonamides is 1. The molecule has 0 radical (unpaired) electrons. The molecule has 0 bridgehead atoms. The number of methoxy groups -OCH3 is 1. The second-order valence-electron chi connectivity index (χ2n) is 7.34. The minimum Gasteiger partial charge on any atom is -0.495 e. The summed E-state index contributed by atoms with van der Waals surface area (Å²) in [4.78, 5) is 25.2. The van der Waals surface area contributed by atoms with Gasteiger partial charge in [0.1, 0.15) is 5.75 Å². The first kappa shape index (κ1) is 23.5. The van der Waals surface area contributed by atoms with E-state index in [2.05, 4.69) is 10.6 Å². The average molecular weight is 486 g/mol. The van der Waals surface area contributed by atoms with E-state index >= 15 is 0 Å². The molecule has 1 saturated heterocycles. The highest BCUT2D eigenvalue weighted by Crippen LogP contribution is 2.30. The quantitative estimate of drug-likeness (QED) is 0.527. The SMILES string of the molecule is COc1ccc(S(=O)(=O)N2CCOCC2)cc1NC(=O)c1cccc(NC(=O)c2ccco2)c1. The number of anilines is 2. The number of ether oxygens (including phenoxy) is 2. The highest BCUT2D eigenvalue weighted by atomic mass is 32.2. The highest BCUT2D eigenvalue weighted by molar-refractivity contribution is 7.89. The lowest BCUT2D eigenvalue weighted by Crippen LogP contribution is -2.40. The second kappa shape index (κ2) is 10.1. The van der Waals surface area contributed by atoms with Crippen molar-refractivity contribution in [3.05, 3.63) is 72.2 Å². The van der Waals surface area contributed by atoms with E-state index in [-0.39, 0.29) is 35.0 Å². The Hall–Kier alpha value is -3.67. The van der Waals surface area contributed by atoms with Gasteiger partial charge in [0.2, 0.25) is 10.0 Å². The minimum atomic E-state index is -3.76. The molecule has 0 spiro atoms. The zero-order chi connectivity index (χ0) is 24.1. The Bertz CT molecular complexity index is 1280. The molecule has 0 aliphatic carbocycles. The third kappa shape index (κ3) is 5.11. The van der Waals surface area contributed by atoms with Crippen LogP contribution in [0.25, 0.3) is 0 Å². The monoisotopic (exact) mass is 485 g/mol. The Morgan fingerprint density at radius 3 is 2.47 bits per heavy atom. The number of nitrogens with one attached hydrogen (secondary N) is 2. The number of carbonyl (C=O) groups excluding carboxylic acids is 2. The molecular weight excluding hydrogens is 462 g/mol. The van der Waals surface area contributed by atoms with Gasteiger partial charge < -0.3 is 24.5 Å². The predicted molar refractivity (Wildman–Crippen MR) is 124 cm³/mol. The lowest BCUT2D eigenvalue weighted by atomic mass is 10.1. The van der Waals surface area contributed by atoms with Crippen LogP contribution in [-0.4, -0.2) is 58.0 Å². The number of furan rings is 1. The summed E-state index contributed by atoms with van der Waals surface area (Å²) >= 11 is 0. The summed E-state index contributed by atoms with van der Waals surface area (Å²) in [7, 11) is -2.34. The van der Waals surface area contributed by atoms with Crippen molar-refractivity contribution in [2.45, 2.75) is 4.90 Å². The number of benzene rings is 2. The van der Waals surface area contributed by atoms with E-state index in [1.165, 1.54) is 48.0 Å². The molecule has 34 heavy (non-hydrogen) atoms. The van der Waals surface area contributed by atoms with Crippen molar-refractivity contribution in [2.75, 3.05) is 44.0 Å². The van der Waals surface area contributed by atoms with Crippen molar-refractivity contribution in [1.29, 1.82) is 0 Å². The predicted octanol–water partition coefficient (Wildman–Crippen LogP) is 2.81. The van der Waals surface area contributed by atoms with Crippen LogP contribution >= 0.6 is 0 Å². The Labute approximate surface area is 196 Å². The van der Waals surface area contributed by atoms with Gasteiger partial charge in [-0.1, -0.05) is 6.07 Å². The van der Waals surface area contributed by atoms with E-state index in [0.29, 0.717) is 24.7 Å². The first-order chi connectivity index (χ1) is 16.4. The maximum absolute atomic E-state index is 13.0. The summed E-state index contributed by atoms with van der Waals surface area (Å²) in [6.07, 6.45) is 1.39. The van der Waals surface area contributed by atoms with Crippen molar-refractivity contribution in [3.63, 3.8) is 0 Å². The summed E-state index contributed by atoms with van der Waals surface area (Å²) in [5, 5.41) is 5.36. The van der Waals surface area contributed by atoms with Crippen LogP contribution in [0.15, 0.2) is 70.2 Å². The molecule has 1 aromatic heterocycles. The fourth-order valence-corrected chi connectivity index (χ4v) is 4.85. The largest absolute Gasteiger partial charge is 0.495 e. The minimum absolute atomic E-state index is 0.0324. The molecule has 4 rings (SSSR count). The van der Waals surface area contributed by atoms with E-state index in [4.69, 9.17) is 13.9 Å². The van der Waals surface area contributed by atoms with Gasteiger partial charge in [0.15, 0.2) is 5.76 Å². The zero-order valence-corrected chi connectivity index (χ0v) is 19.1. The van der Waals surface area contributed by atoms with Gasteiger partial charge in [-0.3, -0.25) is 9.59 Å².